The number of hydrogen-bond donors (Lipinski definition) is 4. The van der Waals surface area contributed by atoms with Crippen LogP contribution in [0.4, 0.5) is 11.4 Å². The van der Waals surface area contributed by atoms with E-state index in [0.29, 0.717) is 27.8 Å². The Morgan fingerprint density at radius 2 is 2.19 bits per heavy atom. The summed E-state index contributed by atoms with van der Waals surface area (Å²) in [4.78, 5) is 24.6. The fourth-order valence-corrected chi connectivity index (χ4v) is 2.44. The monoisotopic (exact) mass is 292 g/mol. The van der Waals surface area contributed by atoms with Gasteiger partial charge < -0.3 is 21.6 Å². The van der Waals surface area contributed by atoms with Crippen LogP contribution < -0.4 is 11.5 Å². The average Bonchev–Trinajstić information content (AvgIpc) is 2.72. The summed E-state index contributed by atoms with van der Waals surface area (Å²) in [5.74, 6) is -1.77. The minimum atomic E-state index is -1.00. The van der Waals surface area contributed by atoms with E-state index in [0.717, 1.165) is 0 Å². The fraction of sp³-hybridized carbons (Fsp3) is 0.308. The Balaban J connectivity index is 2.64. The van der Waals surface area contributed by atoms with Crippen molar-refractivity contribution in [1.29, 1.82) is 0 Å². The molecule has 1 aromatic carbocycles. The second kappa shape index (κ2) is 5.41. The van der Waals surface area contributed by atoms with Crippen molar-refractivity contribution < 1.29 is 14.8 Å². The third kappa shape index (κ3) is 2.52. The van der Waals surface area contributed by atoms with Crippen LogP contribution in [-0.2, 0) is 11.2 Å². The van der Waals surface area contributed by atoms with E-state index in [2.05, 4.69) is 4.98 Å². The molecule has 21 heavy (non-hydrogen) atoms. The van der Waals surface area contributed by atoms with Crippen molar-refractivity contribution in [1.82, 2.24) is 4.98 Å². The molecule has 2 aromatic rings. The lowest BCUT2D eigenvalue weighted by Gasteiger charge is -2.10. The molecule has 1 atom stereocenters. The minimum Gasteiger partial charge on any atom is -0.481 e. The van der Waals surface area contributed by atoms with Crippen molar-refractivity contribution in [3.63, 3.8) is 0 Å². The number of H-pyrrole nitrogens is 1. The van der Waals surface area contributed by atoms with E-state index in [1.807, 2.05) is 0 Å². The Morgan fingerprint density at radius 3 is 2.71 bits per heavy atom. The van der Waals surface area contributed by atoms with Crippen LogP contribution in [0.25, 0.3) is 10.9 Å². The topological polar surface area (TPSA) is 148 Å². The van der Waals surface area contributed by atoms with Crippen LogP contribution in [0, 0.1) is 23.0 Å². The highest BCUT2D eigenvalue weighted by atomic mass is 16.6. The number of non-ortho nitro benzene ring substituents is 1. The molecule has 1 unspecified atom stereocenters. The van der Waals surface area contributed by atoms with Gasteiger partial charge in [-0.1, -0.05) is 0 Å². The highest BCUT2D eigenvalue weighted by molar-refractivity contribution is 6.00. The first-order chi connectivity index (χ1) is 9.86. The van der Waals surface area contributed by atoms with Crippen molar-refractivity contribution in [3.05, 3.63) is 33.5 Å². The van der Waals surface area contributed by atoms with Crippen molar-refractivity contribution in [2.45, 2.75) is 13.3 Å². The number of benzene rings is 1. The highest BCUT2D eigenvalue weighted by Crippen LogP contribution is 2.35. The van der Waals surface area contributed by atoms with E-state index in [1.165, 1.54) is 12.1 Å². The first-order valence-electron chi connectivity index (χ1n) is 6.33. The fourth-order valence-electron chi connectivity index (χ4n) is 2.44. The van der Waals surface area contributed by atoms with E-state index in [-0.39, 0.29) is 18.7 Å². The number of nitrogens with zero attached hydrogens (tertiary/aromatic N) is 1. The van der Waals surface area contributed by atoms with Crippen molar-refractivity contribution in [3.8, 4) is 0 Å². The molecule has 0 saturated heterocycles. The highest BCUT2D eigenvalue weighted by Gasteiger charge is 2.24. The second-order valence-electron chi connectivity index (χ2n) is 4.88. The average molecular weight is 292 g/mol. The van der Waals surface area contributed by atoms with Gasteiger partial charge in [0.15, 0.2) is 0 Å². The van der Waals surface area contributed by atoms with Gasteiger partial charge in [0.25, 0.3) is 5.69 Å². The van der Waals surface area contributed by atoms with Gasteiger partial charge in [-0.25, -0.2) is 0 Å². The zero-order valence-electron chi connectivity index (χ0n) is 11.4. The smallest absolute Gasteiger partial charge is 0.308 e. The van der Waals surface area contributed by atoms with Gasteiger partial charge in [0, 0.05) is 29.4 Å². The standard InChI is InChI=1S/C13H16N4O4/c1-6-8(4-7(5-14)13(18)19)11-9(15)2-3-10(17(20)21)12(11)16-6/h2-3,7,16H,4-5,14-15H2,1H3,(H,18,19). The molecule has 0 amide bonds. The number of anilines is 1. The number of fused-ring (bicyclic) bond motifs is 1. The van der Waals surface area contributed by atoms with Crippen LogP contribution in [0.5, 0.6) is 0 Å². The number of aromatic amines is 1. The molecule has 8 nitrogen and oxygen atoms in total. The van der Waals surface area contributed by atoms with Crippen molar-refractivity contribution in [2.24, 2.45) is 11.7 Å². The predicted molar refractivity (Wildman–Crippen MR) is 78.0 cm³/mol. The van der Waals surface area contributed by atoms with Gasteiger partial charge in [0.05, 0.1) is 10.8 Å². The van der Waals surface area contributed by atoms with Gasteiger partial charge in [0.1, 0.15) is 5.52 Å². The number of nitro groups is 1. The Hall–Kier alpha value is -2.61. The molecule has 0 fully saturated rings. The predicted octanol–water partition coefficient (Wildman–Crippen LogP) is 1.17. The zero-order chi connectivity index (χ0) is 15.7. The quantitative estimate of drug-likeness (QED) is 0.369. The maximum absolute atomic E-state index is 11.1. The molecule has 8 heteroatoms. The van der Waals surface area contributed by atoms with Crippen LogP contribution >= 0.6 is 0 Å². The lowest BCUT2D eigenvalue weighted by atomic mass is 9.96. The molecule has 112 valence electrons. The Kier molecular flexibility index (Phi) is 3.81. The molecule has 0 aliphatic heterocycles. The lowest BCUT2D eigenvalue weighted by Crippen LogP contribution is -2.25. The van der Waals surface area contributed by atoms with Gasteiger partial charge in [-0.05, 0) is 25.0 Å². The van der Waals surface area contributed by atoms with Crippen LogP contribution in [-0.4, -0.2) is 27.5 Å². The maximum Gasteiger partial charge on any atom is 0.308 e. The summed E-state index contributed by atoms with van der Waals surface area (Å²) in [6.45, 7) is 1.71. The number of rotatable bonds is 5. The number of nitrogens with two attached hydrogens (primary N) is 2. The summed E-state index contributed by atoms with van der Waals surface area (Å²) in [7, 11) is 0. The third-order valence-corrected chi connectivity index (χ3v) is 3.56. The number of nitrogen functional groups attached to an aromatic ring is 1. The van der Waals surface area contributed by atoms with Crippen LogP contribution in [0.15, 0.2) is 12.1 Å². The van der Waals surface area contributed by atoms with Gasteiger partial charge in [0.2, 0.25) is 0 Å². The summed E-state index contributed by atoms with van der Waals surface area (Å²) < 4.78 is 0. The Bertz CT molecular complexity index is 723. The van der Waals surface area contributed by atoms with E-state index in [4.69, 9.17) is 16.6 Å². The number of aryl methyl sites for hydroxylation is 1. The Labute approximate surface area is 119 Å². The second-order valence-corrected chi connectivity index (χ2v) is 4.88. The minimum absolute atomic E-state index is 0.0176. The third-order valence-electron chi connectivity index (χ3n) is 3.56. The van der Waals surface area contributed by atoms with Crippen LogP contribution in [0.1, 0.15) is 11.3 Å². The zero-order valence-corrected chi connectivity index (χ0v) is 11.4. The van der Waals surface area contributed by atoms with Gasteiger partial charge in [-0.15, -0.1) is 0 Å². The number of nitrogens with one attached hydrogen (secondary N) is 1. The molecule has 1 aromatic heterocycles. The molecule has 6 N–H and O–H groups in total. The first-order valence-corrected chi connectivity index (χ1v) is 6.33. The van der Waals surface area contributed by atoms with Crippen LogP contribution in [0.2, 0.25) is 0 Å². The van der Waals surface area contributed by atoms with E-state index in [9.17, 15) is 14.9 Å². The van der Waals surface area contributed by atoms with Crippen LogP contribution in [0.3, 0.4) is 0 Å². The van der Waals surface area contributed by atoms with Gasteiger partial charge >= 0.3 is 5.97 Å². The molecule has 0 bridgehead atoms. The molecule has 0 aliphatic rings. The summed E-state index contributed by atoms with van der Waals surface area (Å²) in [5, 5.41) is 20.7. The molecular formula is C13H16N4O4. The molecule has 1 heterocycles. The maximum atomic E-state index is 11.1. The number of aromatic nitrogens is 1. The number of nitro benzene ring substituents is 1. The molecule has 0 aliphatic carbocycles. The molecule has 0 saturated carbocycles. The Morgan fingerprint density at radius 1 is 1.52 bits per heavy atom. The molecule has 0 radical (unpaired) electrons. The first kappa shape index (κ1) is 14.8. The number of aliphatic carboxylic acids is 1. The largest absolute Gasteiger partial charge is 0.481 e. The van der Waals surface area contributed by atoms with Gasteiger partial charge in [-0.3, -0.25) is 14.9 Å². The number of carboxylic acid groups (broad SMARTS) is 1. The van der Waals surface area contributed by atoms with E-state index >= 15 is 0 Å². The lowest BCUT2D eigenvalue weighted by molar-refractivity contribution is -0.383. The van der Waals surface area contributed by atoms with E-state index in [1.54, 1.807) is 6.92 Å². The normalized spacial score (nSPS) is 12.5. The number of carbonyl (C=O) groups is 1. The number of hydrogen-bond acceptors (Lipinski definition) is 5. The van der Waals surface area contributed by atoms with Crippen molar-refractivity contribution >= 4 is 28.2 Å². The number of carboxylic acids is 1. The molecule has 0 spiro atoms. The summed E-state index contributed by atoms with van der Waals surface area (Å²) in [6, 6.07) is 2.78. The SMILES string of the molecule is Cc1[nH]c2c([N+](=O)[O-])ccc(N)c2c1CC(CN)C(=O)O. The summed E-state index contributed by atoms with van der Waals surface area (Å²) >= 11 is 0. The summed E-state index contributed by atoms with van der Waals surface area (Å²) in [6.07, 6.45) is 0.170. The van der Waals surface area contributed by atoms with Gasteiger partial charge in [-0.2, -0.15) is 0 Å². The summed E-state index contributed by atoms with van der Waals surface area (Å²) in [5.41, 5.74) is 13.3. The van der Waals surface area contributed by atoms with Crippen molar-refractivity contribution in [2.75, 3.05) is 12.3 Å². The van der Waals surface area contributed by atoms with E-state index < -0.39 is 16.8 Å². The molecular weight excluding hydrogens is 276 g/mol. The molecule has 2 rings (SSSR count).